The maximum atomic E-state index is 10.8. The molecule has 0 fully saturated rings. The normalized spacial score (nSPS) is 21.1. The Kier molecular flexibility index (Phi) is 3.64. The van der Waals surface area contributed by atoms with Crippen molar-refractivity contribution in [2.75, 3.05) is 5.32 Å². The van der Waals surface area contributed by atoms with Gasteiger partial charge in [0.05, 0.1) is 17.2 Å². The molecule has 26 heavy (non-hydrogen) atoms. The Morgan fingerprint density at radius 3 is 2.69 bits per heavy atom. The minimum absolute atomic E-state index is 0.0474. The summed E-state index contributed by atoms with van der Waals surface area (Å²) in [4.78, 5) is 3.34. The molecule has 0 amide bonds. The number of aliphatic hydroxyl groups is 1. The largest absolute Gasteiger partial charge is 0.390 e. The predicted molar refractivity (Wildman–Crippen MR) is 109 cm³/mol. The number of aliphatic hydroxyl groups excluding tert-OH is 1. The van der Waals surface area contributed by atoms with Crippen LogP contribution in [0.1, 0.15) is 43.4 Å². The van der Waals surface area contributed by atoms with Gasteiger partial charge >= 0.3 is 0 Å². The minimum atomic E-state index is -0.516. The van der Waals surface area contributed by atoms with E-state index in [-0.39, 0.29) is 5.92 Å². The van der Waals surface area contributed by atoms with Gasteiger partial charge in [0, 0.05) is 34.5 Å². The molecular formula is C23H24N2O. The molecule has 3 nitrogen and oxygen atoms in total. The van der Waals surface area contributed by atoms with Gasteiger partial charge in [-0.15, -0.1) is 6.42 Å². The number of terminal acetylenes is 1. The highest BCUT2D eigenvalue weighted by molar-refractivity contribution is 5.97. The molecular weight excluding hydrogens is 320 g/mol. The van der Waals surface area contributed by atoms with Crippen LogP contribution in [0.15, 0.2) is 36.5 Å². The molecule has 0 radical (unpaired) electrons. The lowest BCUT2D eigenvalue weighted by Gasteiger charge is -2.43. The molecule has 2 unspecified atom stereocenters. The number of rotatable bonds is 1. The number of H-pyrrole nitrogens is 1. The van der Waals surface area contributed by atoms with Crippen LogP contribution in [0.2, 0.25) is 0 Å². The highest BCUT2D eigenvalue weighted by Crippen LogP contribution is 2.46. The number of hydrogen-bond acceptors (Lipinski definition) is 2. The van der Waals surface area contributed by atoms with Gasteiger partial charge in [-0.1, -0.05) is 31.0 Å². The van der Waals surface area contributed by atoms with Crippen molar-refractivity contribution in [2.45, 2.75) is 45.3 Å². The summed E-state index contributed by atoms with van der Waals surface area (Å²) in [7, 11) is 0. The van der Waals surface area contributed by atoms with Gasteiger partial charge in [-0.2, -0.15) is 0 Å². The number of aryl methyl sites for hydroxylation is 1. The fourth-order valence-corrected chi connectivity index (χ4v) is 4.32. The zero-order valence-corrected chi connectivity index (χ0v) is 15.6. The van der Waals surface area contributed by atoms with E-state index in [1.807, 2.05) is 20.0 Å². The van der Waals surface area contributed by atoms with Crippen LogP contribution in [0.3, 0.4) is 0 Å². The minimum Gasteiger partial charge on any atom is -0.390 e. The number of anilines is 1. The van der Waals surface area contributed by atoms with E-state index in [1.165, 1.54) is 0 Å². The van der Waals surface area contributed by atoms with E-state index in [2.05, 4.69) is 60.4 Å². The van der Waals surface area contributed by atoms with E-state index in [0.717, 1.165) is 44.4 Å². The van der Waals surface area contributed by atoms with Gasteiger partial charge in [0.1, 0.15) is 0 Å². The van der Waals surface area contributed by atoms with Crippen molar-refractivity contribution in [3.63, 3.8) is 0 Å². The lowest BCUT2D eigenvalue weighted by atomic mass is 9.75. The van der Waals surface area contributed by atoms with Crippen LogP contribution in [-0.2, 0) is 0 Å². The Balaban J connectivity index is 2.05. The Morgan fingerprint density at radius 2 is 1.96 bits per heavy atom. The Morgan fingerprint density at radius 1 is 1.19 bits per heavy atom. The van der Waals surface area contributed by atoms with Crippen molar-refractivity contribution in [1.82, 2.24) is 4.98 Å². The van der Waals surface area contributed by atoms with Crippen LogP contribution in [0, 0.1) is 19.3 Å². The van der Waals surface area contributed by atoms with E-state index in [0.29, 0.717) is 0 Å². The predicted octanol–water partition coefficient (Wildman–Crippen LogP) is 4.79. The Bertz CT molecular complexity index is 1050. The average molecular weight is 344 g/mol. The van der Waals surface area contributed by atoms with Gasteiger partial charge in [-0.05, 0) is 49.4 Å². The SMILES string of the molecule is C#Cc1c(-c2cccc3cc[nH]c23)cc(C)c2c1C(C)C(O)C(C)(C)N2. The first-order valence-electron chi connectivity index (χ1n) is 9.02. The van der Waals surface area contributed by atoms with E-state index in [9.17, 15) is 5.11 Å². The molecule has 3 heteroatoms. The molecule has 2 heterocycles. The highest BCUT2D eigenvalue weighted by Gasteiger charge is 2.40. The van der Waals surface area contributed by atoms with Crippen LogP contribution in [0.25, 0.3) is 22.0 Å². The van der Waals surface area contributed by atoms with Gasteiger partial charge in [0.25, 0.3) is 0 Å². The van der Waals surface area contributed by atoms with Crippen molar-refractivity contribution in [2.24, 2.45) is 0 Å². The summed E-state index contributed by atoms with van der Waals surface area (Å²) in [6.45, 7) is 8.22. The molecule has 2 atom stereocenters. The second-order valence-electron chi connectivity index (χ2n) is 7.88. The zero-order valence-electron chi connectivity index (χ0n) is 15.6. The van der Waals surface area contributed by atoms with Crippen LogP contribution in [-0.4, -0.2) is 21.7 Å². The van der Waals surface area contributed by atoms with Gasteiger partial charge in [-0.3, -0.25) is 0 Å². The summed E-state index contributed by atoms with van der Waals surface area (Å²) in [5.74, 6) is 2.87. The van der Waals surface area contributed by atoms with Crippen molar-refractivity contribution in [3.8, 4) is 23.5 Å². The first kappa shape index (κ1) is 16.8. The number of hydrogen-bond donors (Lipinski definition) is 3. The summed E-state index contributed by atoms with van der Waals surface area (Å²) < 4.78 is 0. The van der Waals surface area contributed by atoms with Gasteiger partial charge in [0.15, 0.2) is 0 Å². The number of nitrogens with one attached hydrogen (secondary N) is 2. The Labute approximate surface area is 154 Å². The van der Waals surface area contributed by atoms with Crippen molar-refractivity contribution >= 4 is 16.6 Å². The molecule has 0 aliphatic carbocycles. The number of aromatic nitrogens is 1. The molecule has 1 aliphatic heterocycles. The van der Waals surface area contributed by atoms with E-state index in [1.54, 1.807) is 0 Å². The Hall–Kier alpha value is -2.70. The summed E-state index contributed by atoms with van der Waals surface area (Å²) >= 11 is 0. The van der Waals surface area contributed by atoms with Gasteiger partial charge < -0.3 is 15.4 Å². The standard InChI is InChI=1S/C23H24N2O/c1-6-16-18(17-9-7-8-15-10-11-24-21(15)17)12-13(2)20-19(16)14(3)22(26)23(4,5)25-20/h1,7-12,14,22,24-26H,2-5H3. The molecule has 1 aliphatic rings. The molecule has 0 bridgehead atoms. The van der Waals surface area contributed by atoms with E-state index in [4.69, 9.17) is 6.42 Å². The number of fused-ring (bicyclic) bond motifs is 2. The molecule has 0 spiro atoms. The maximum Gasteiger partial charge on any atom is 0.0831 e. The monoisotopic (exact) mass is 344 g/mol. The van der Waals surface area contributed by atoms with Crippen LogP contribution in [0.5, 0.6) is 0 Å². The first-order valence-corrected chi connectivity index (χ1v) is 9.02. The molecule has 132 valence electrons. The van der Waals surface area contributed by atoms with Crippen LogP contribution >= 0.6 is 0 Å². The van der Waals surface area contributed by atoms with E-state index >= 15 is 0 Å². The van der Waals surface area contributed by atoms with Crippen LogP contribution in [0.4, 0.5) is 5.69 Å². The summed E-state index contributed by atoms with van der Waals surface area (Å²) in [6, 6.07) is 10.5. The fourth-order valence-electron chi connectivity index (χ4n) is 4.32. The second-order valence-corrected chi connectivity index (χ2v) is 7.88. The summed E-state index contributed by atoms with van der Waals surface area (Å²) in [5.41, 5.74) is 6.92. The molecule has 2 aromatic carbocycles. The summed E-state index contributed by atoms with van der Waals surface area (Å²) in [5, 5.41) is 15.5. The summed E-state index contributed by atoms with van der Waals surface area (Å²) in [6.07, 6.45) is 7.42. The number of benzene rings is 2. The smallest absolute Gasteiger partial charge is 0.0831 e. The quantitative estimate of drug-likeness (QED) is 0.556. The second kappa shape index (κ2) is 5.65. The van der Waals surface area contributed by atoms with Gasteiger partial charge in [-0.25, -0.2) is 0 Å². The molecule has 3 N–H and O–H groups in total. The van der Waals surface area contributed by atoms with Gasteiger partial charge in [0.2, 0.25) is 0 Å². The first-order chi connectivity index (χ1) is 12.3. The third-order valence-corrected chi connectivity index (χ3v) is 5.70. The fraction of sp³-hybridized carbons (Fsp3) is 0.304. The lowest BCUT2D eigenvalue weighted by molar-refractivity contribution is 0.0868. The van der Waals surface area contributed by atoms with E-state index < -0.39 is 11.6 Å². The topological polar surface area (TPSA) is 48.0 Å². The molecule has 4 rings (SSSR count). The van der Waals surface area contributed by atoms with Crippen molar-refractivity contribution < 1.29 is 5.11 Å². The molecule has 0 saturated heterocycles. The third-order valence-electron chi connectivity index (χ3n) is 5.70. The maximum absolute atomic E-state index is 10.8. The molecule has 3 aromatic rings. The third kappa shape index (κ3) is 2.26. The molecule has 0 saturated carbocycles. The average Bonchev–Trinajstić information content (AvgIpc) is 3.09. The number of para-hydroxylation sites is 1. The van der Waals surface area contributed by atoms with Crippen LogP contribution < -0.4 is 5.32 Å². The molecule has 1 aromatic heterocycles. The number of aromatic amines is 1. The lowest BCUT2D eigenvalue weighted by Crippen LogP contribution is -2.50. The highest BCUT2D eigenvalue weighted by atomic mass is 16.3. The zero-order chi connectivity index (χ0) is 18.6. The van der Waals surface area contributed by atoms with Crippen molar-refractivity contribution in [3.05, 3.63) is 53.2 Å². The van der Waals surface area contributed by atoms with Crippen molar-refractivity contribution in [1.29, 1.82) is 0 Å².